The predicted octanol–water partition coefficient (Wildman–Crippen LogP) is 4.28. The number of nitrogens with one attached hydrogen (secondary N) is 1. The van der Waals surface area contributed by atoms with Crippen molar-refractivity contribution in [3.05, 3.63) is 57.9 Å². The summed E-state index contributed by atoms with van der Waals surface area (Å²) in [5.41, 5.74) is 0.568. The van der Waals surface area contributed by atoms with E-state index in [1.807, 2.05) is 0 Å². The van der Waals surface area contributed by atoms with Crippen LogP contribution in [0, 0.1) is 0 Å². The summed E-state index contributed by atoms with van der Waals surface area (Å²) in [5, 5.41) is 3.19. The van der Waals surface area contributed by atoms with Crippen LogP contribution >= 0.6 is 27.5 Å². The average molecular weight is 399 g/mol. The van der Waals surface area contributed by atoms with E-state index in [0.29, 0.717) is 21.1 Å². The number of halogens is 2. The predicted molar refractivity (Wildman–Crippen MR) is 91.1 cm³/mol. The number of esters is 1. The van der Waals surface area contributed by atoms with Gasteiger partial charge in [-0.25, -0.2) is 4.79 Å². The van der Waals surface area contributed by atoms with Crippen LogP contribution < -0.4 is 5.32 Å². The minimum Gasteiger partial charge on any atom is -0.450 e. The van der Waals surface area contributed by atoms with Gasteiger partial charge in [-0.3, -0.25) is 4.79 Å². The molecule has 1 heterocycles. The highest BCUT2D eigenvalue weighted by atomic mass is 79.9. The van der Waals surface area contributed by atoms with Gasteiger partial charge in [-0.1, -0.05) is 11.6 Å². The summed E-state index contributed by atoms with van der Waals surface area (Å²) in [7, 11) is 0. The van der Waals surface area contributed by atoms with Crippen LogP contribution in [-0.4, -0.2) is 18.0 Å². The van der Waals surface area contributed by atoms with Crippen molar-refractivity contribution in [1.82, 2.24) is 0 Å². The van der Waals surface area contributed by atoms with Crippen LogP contribution in [0.4, 0.5) is 5.69 Å². The van der Waals surface area contributed by atoms with E-state index in [-0.39, 0.29) is 0 Å². The Balaban J connectivity index is 1.86. The molecule has 23 heavy (non-hydrogen) atoms. The maximum absolute atomic E-state index is 11.9. The SMILES string of the molecule is C[C@@H](OC(=O)/C=C/c1ccc(Br)o1)C(=O)Nc1ccc(Cl)cc1. The molecule has 1 aromatic heterocycles. The van der Waals surface area contributed by atoms with E-state index in [4.69, 9.17) is 20.8 Å². The molecule has 5 nitrogen and oxygen atoms in total. The van der Waals surface area contributed by atoms with Gasteiger partial charge in [0.25, 0.3) is 5.91 Å². The zero-order valence-electron chi connectivity index (χ0n) is 12.1. The van der Waals surface area contributed by atoms with E-state index < -0.39 is 18.0 Å². The first-order valence-electron chi connectivity index (χ1n) is 6.64. The number of anilines is 1. The summed E-state index contributed by atoms with van der Waals surface area (Å²) in [6, 6.07) is 10.0. The Bertz CT molecular complexity index is 724. The number of hydrogen-bond acceptors (Lipinski definition) is 4. The summed E-state index contributed by atoms with van der Waals surface area (Å²) in [6.45, 7) is 1.49. The van der Waals surface area contributed by atoms with E-state index in [1.54, 1.807) is 36.4 Å². The van der Waals surface area contributed by atoms with Crippen LogP contribution in [0.1, 0.15) is 12.7 Å². The van der Waals surface area contributed by atoms with Crippen LogP contribution in [0.15, 0.2) is 51.6 Å². The molecular formula is C16H13BrClNO4. The first-order chi connectivity index (χ1) is 10.9. The van der Waals surface area contributed by atoms with E-state index in [9.17, 15) is 9.59 Å². The second kappa shape index (κ2) is 7.99. The zero-order valence-corrected chi connectivity index (χ0v) is 14.4. The van der Waals surface area contributed by atoms with Crippen molar-refractivity contribution in [3.63, 3.8) is 0 Å². The van der Waals surface area contributed by atoms with Crippen molar-refractivity contribution in [1.29, 1.82) is 0 Å². The fraction of sp³-hybridized carbons (Fsp3) is 0.125. The lowest BCUT2D eigenvalue weighted by Gasteiger charge is -2.12. The van der Waals surface area contributed by atoms with Crippen LogP contribution in [0.3, 0.4) is 0 Å². The highest BCUT2D eigenvalue weighted by Gasteiger charge is 2.16. The maximum atomic E-state index is 11.9. The number of furan rings is 1. The quantitative estimate of drug-likeness (QED) is 0.603. The molecule has 0 bridgehead atoms. The van der Waals surface area contributed by atoms with Gasteiger partial charge in [-0.15, -0.1) is 0 Å². The fourth-order valence-corrected chi connectivity index (χ4v) is 2.06. The first-order valence-corrected chi connectivity index (χ1v) is 7.81. The molecule has 0 unspecified atom stereocenters. The third-order valence-corrected chi connectivity index (χ3v) is 3.43. The summed E-state index contributed by atoms with van der Waals surface area (Å²) < 4.78 is 10.8. The van der Waals surface area contributed by atoms with Crippen LogP contribution in [0.2, 0.25) is 5.02 Å². The Kier molecular flexibility index (Phi) is 6.01. The van der Waals surface area contributed by atoms with Crippen molar-refractivity contribution in [3.8, 4) is 0 Å². The number of carbonyl (C=O) groups is 2. The lowest BCUT2D eigenvalue weighted by atomic mass is 10.3. The number of amides is 1. The van der Waals surface area contributed by atoms with Gasteiger partial charge in [-0.05, 0) is 65.3 Å². The Labute approximate surface area is 146 Å². The number of ether oxygens (including phenoxy) is 1. The molecule has 0 saturated carbocycles. The summed E-state index contributed by atoms with van der Waals surface area (Å²) >= 11 is 8.92. The third-order valence-electron chi connectivity index (χ3n) is 2.75. The van der Waals surface area contributed by atoms with Gasteiger partial charge >= 0.3 is 5.97 Å². The molecule has 0 aliphatic rings. The van der Waals surface area contributed by atoms with Crippen molar-refractivity contribution in [2.24, 2.45) is 0 Å². The molecule has 2 aromatic rings. The smallest absolute Gasteiger partial charge is 0.331 e. The monoisotopic (exact) mass is 397 g/mol. The van der Waals surface area contributed by atoms with Gasteiger partial charge in [-0.2, -0.15) is 0 Å². The van der Waals surface area contributed by atoms with Crippen LogP contribution in [-0.2, 0) is 14.3 Å². The number of rotatable bonds is 5. The molecule has 1 N–H and O–H groups in total. The van der Waals surface area contributed by atoms with Crippen molar-refractivity contribution in [2.45, 2.75) is 13.0 Å². The van der Waals surface area contributed by atoms with E-state index in [1.165, 1.54) is 19.1 Å². The average Bonchev–Trinajstić information content (AvgIpc) is 2.93. The highest BCUT2D eigenvalue weighted by molar-refractivity contribution is 9.10. The van der Waals surface area contributed by atoms with Crippen molar-refractivity contribution < 1.29 is 18.7 Å². The van der Waals surface area contributed by atoms with Gasteiger partial charge in [0.15, 0.2) is 10.8 Å². The molecule has 120 valence electrons. The molecule has 1 atom stereocenters. The Morgan fingerprint density at radius 2 is 1.96 bits per heavy atom. The molecule has 0 spiro atoms. The molecule has 0 radical (unpaired) electrons. The van der Waals surface area contributed by atoms with Gasteiger partial charge in [0.05, 0.1) is 0 Å². The molecule has 0 fully saturated rings. The van der Waals surface area contributed by atoms with E-state index in [0.717, 1.165) is 0 Å². The first kappa shape index (κ1) is 17.3. The minimum absolute atomic E-state index is 0.435. The van der Waals surface area contributed by atoms with Gasteiger partial charge in [0.2, 0.25) is 0 Å². The molecule has 1 amide bonds. The molecule has 1 aromatic carbocycles. The van der Waals surface area contributed by atoms with Gasteiger partial charge in [0, 0.05) is 16.8 Å². The Morgan fingerprint density at radius 1 is 1.26 bits per heavy atom. The third kappa shape index (κ3) is 5.58. The molecule has 0 saturated heterocycles. The summed E-state index contributed by atoms with van der Waals surface area (Å²) in [5.74, 6) is -0.585. The van der Waals surface area contributed by atoms with E-state index in [2.05, 4.69) is 21.2 Å². The lowest BCUT2D eigenvalue weighted by Crippen LogP contribution is -2.29. The molecular weight excluding hydrogens is 386 g/mol. The minimum atomic E-state index is -0.939. The van der Waals surface area contributed by atoms with Gasteiger partial charge in [0.1, 0.15) is 5.76 Å². The van der Waals surface area contributed by atoms with Crippen LogP contribution in [0.25, 0.3) is 6.08 Å². The molecule has 0 aliphatic carbocycles. The highest BCUT2D eigenvalue weighted by Crippen LogP contribution is 2.15. The number of benzene rings is 1. The second-order valence-electron chi connectivity index (χ2n) is 4.55. The Hall–Kier alpha value is -2.05. The topological polar surface area (TPSA) is 68.5 Å². The number of carbonyl (C=O) groups excluding carboxylic acids is 2. The normalized spacial score (nSPS) is 12.1. The summed E-state index contributed by atoms with van der Waals surface area (Å²) in [4.78, 5) is 23.6. The van der Waals surface area contributed by atoms with Crippen LogP contribution in [0.5, 0.6) is 0 Å². The maximum Gasteiger partial charge on any atom is 0.331 e. The van der Waals surface area contributed by atoms with Crippen molar-refractivity contribution >= 4 is 51.2 Å². The van der Waals surface area contributed by atoms with E-state index >= 15 is 0 Å². The summed E-state index contributed by atoms with van der Waals surface area (Å²) in [6.07, 6.45) is 1.71. The van der Waals surface area contributed by atoms with Crippen molar-refractivity contribution in [2.75, 3.05) is 5.32 Å². The zero-order chi connectivity index (χ0) is 16.8. The fourth-order valence-electron chi connectivity index (χ4n) is 1.61. The Morgan fingerprint density at radius 3 is 2.57 bits per heavy atom. The second-order valence-corrected chi connectivity index (χ2v) is 5.77. The lowest BCUT2D eigenvalue weighted by molar-refractivity contribution is -0.148. The standard InChI is InChI=1S/C16H13BrClNO4/c1-10(16(21)19-12-4-2-11(18)3-5-12)22-15(20)9-7-13-6-8-14(17)23-13/h2-10H,1H3,(H,19,21)/b9-7+/t10-/m1/s1. The number of hydrogen-bond donors (Lipinski definition) is 1. The molecule has 2 rings (SSSR count). The van der Waals surface area contributed by atoms with Gasteiger partial charge < -0.3 is 14.5 Å². The largest absolute Gasteiger partial charge is 0.450 e. The molecule has 7 heteroatoms. The molecule has 0 aliphatic heterocycles.